The lowest BCUT2D eigenvalue weighted by molar-refractivity contribution is -0.351. The lowest BCUT2D eigenvalue weighted by Gasteiger charge is -2.47. The summed E-state index contributed by atoms with van der Waals surface area (Å²) in [7, 11) is 0. The Hall–Kier alpha value is -1.22. The van der Waals surface area contributed by atoms with E-state index >= 15 is 4.39 Å². The topological polar surface area (TPSA) is 206 Å². The van der Waals surface area contributed by atoms with Crippen molar-refractivity contribution >= 4 is 97.0 Å². The zero-order valence-electron chi connectivity index (χ0n) is 24.3. The summed E-state index contributed by atoms with van der Waals surface area (Å²) in [6.45, 7) is 4.87. The van der Waals surface area contributed by atoms with Crippen LogP contribution in [0.15, 0.2) is 0 Å². The van der Waals surface area contributed by atoms with Crippen LogP contribution in [-0.4, -0.2) is 116 Å². The molecule has 0 aromatic carbocycles. The van der Waals surface area contributed by atoms with E-state index in [1.807, 2.05) is 0 Å². The van der Waals surface area contributed by atoms with Gasteiger partial charge in [0, 0.05) is 78.8 Å². The van der Waals surface area contributed by atoms with Crippen LogP contribution < -0.4 is 0 Å². The molecule has 44 heavy (non-hydrogen) atoms. The molecular weight excluding hydrogens is 944 g/mol. The zero-order valence-corrected chi connectivity index (χ0v) is 30.9. The van der Waals surface area contributed by atoms with Gasteiger partial charge in [-0.15, -0.1) is 24.0 Å². The predicted molar refractivity (Wildman–Crippen MR) is 168 cm³/mol. The number of hydrogen-bond acceptors (Lipinski definition) is 16. The molecule has 2 fully saturated rings. The van der Waals surface area contributed by atoms with Crippen molar-refractivity contribution in [3.8, 4) is 0 Å². The number of ether oxygens (including phenoxy) is 9. The van der Waals surface area contributed by atoms with Crippen molar-refractivity contribution in [1.82, 2.24) is 0 Å². The molecule has 20 heteroatoms. The van der Waals surface area contributed by atoms with E-state index in [4.69, 9.17) is 42.6 Å². The molecule has 4 unspecified atom stereocenters. The molecule has 0 radical (unpaired) electrons. The summed E-state index contributed by atoms with van der Waals surface area (Å²) >= 11 is 4.24. The van der Waals surface area contributed by atoms with Crippen molar-refractivity contribution in [3.05, 3.63) is 0 Å². The second-order valence-electron chi connectivity index (χ2n) is 9.06. The van der Waals surface area contributed by atoms with E-state index < -0.39 is 111 Å². The minimum Gasteiger partial charge on any atom is -0.463 e. The van der Waals surface area contributed by atoms with Crippen LogP contribution in [0.3, 0.4) is 0 Å². The normalized spacial score (nSPS) is 31.0. The van der Waals surface area contributed by atoms with Gasteiger partial charge in [0.1, 0.15) is 37.6 Å². The molecule has 0 aromatic heterocycles. The molecule has 10 atom stereocenters. The Balaban J connectivity index is 0.00000603. The van der Waals surface area contributed by atoms with Gasteiger partial charge < -0.3 is 47.7 Å². The Morgan fingerprint density at radius 3 is 1.48 bits per heavy atom. The average molecular weight is 978 g/mol. The Morgan fingerprint density at radius 2 is 1.02 bits per heavy atom. The standard InChI is InChI=1S/C24H33FO16.I2.HI/c1-9(26)33-7-15-17(32)19(35-11(3)28)22(38-14(6)31)24(40-15)41-18-16(8-34-10(2)27)39-23(25)21(37-13(5)30)20(18)36-12(4)29;1-2;/h15-24,32H,7-8H2,1-6H3;;1H/t15?,16?,17-,18-,19+,20+,21?,22?,23+,24-;;/m1../s1. The van der Waals surface area contributed by atoms with Crippen molar-refractivity contribution in [3.63, 3.8) is 0 Å². The number of carbonyl (C=O) groups is 6. The quantitative estimate of drug-likeness (QED) is 0.187. The molecule has 0 saturated carbocycles. The number of rotatable bonds is 10. The van der Waals surface area contributed by atoms with E-state index in [1.54, 1.807) is 0 Å². The van der Waals surface area contributed by atoms with Gasteiger partial charge in [-0.25, -0.2) is 4.39 Å². The van der Waals surface area contributed by atoms with Gasteiger partial charge in [0.25, 0.3) is 0 Å². The third-order valence-electron chi connectivity index (χ3n) is 5.60. The second-order valence-corrected chi connectivity index (χ2v) is 9.06. The largest absolute Gasteiger partial charge is 0.463 e. The van der Waals surface area contributed by atoms with Crippen LogP contribution in [0.4, 0.5) is 4.39 Å². The third kappa shape index (κ3) is 13.6. The minimum atomic E-state index is -2.38. The molecule has 1 N–H and O–H groups in total. The van der Waals surface area contributed by atoms with Crippen LogP contribution in [-0.2, 0) is 71.4 Å². The Morgan fingerprint density at radius 1 is 0.614 bits per heavy atom. The van der Waals surface area contributed by atoms with Gasteiger partial charge in [-0.2, -0.15) is 0 Å². The van der Waals surface area contributed by atoms with Crippen LogP contribution in [0, 0.1) is 0 Å². The summed E-state index contributed by atoms with van der Waals surface area (Å²) in [4.78, 5) is 70.4. The molecule has 0 amide bonds. The fraction of sp³-hybridized carbons (Fsp3) is 0.750. The van der Waals surface area contributed by atoms with Crippen molar-refractivity contribution in [2.45, 2.75) is 103 Å². The van der Waals surface area contributed by atoms with Crippen LogP contribution in [0.1, 0.15) is 41.5 Å². The molecule has 2 aliphatic rings. The molecule has 2 heterocycles. The van der Waals surface area contributed by atoms with Gasteiger partial charge in [0.2, 0.25) is 6.36 Å². The first-order valence-corrected chi connectivity index (χ1v) is 18.8. The maximum Gasteiger partial charge on any atom is 0.303 e. The number of aliphatic hydroxyl groups is 1. The summed E-state index contributed by atoms with van der Waals surface area (Å²) in [5, 5.41) is 10.8. The highest BCUT2D eigenvalue weighted by Crippen LogP contribution is 2.34. The van der Waals surface area contributed by atoms with E-state index in [0.717, 1.165) is 41.5 Å². The zero-order chi connectivity index (χ0) is 33.0. The number of hydrogen-bond donors (Lipinski definition) is 1. The Labute approximate surface area is 292 Å². The van der Waals surface area contributed by atoms with Crippen LogP contribution in [0.2, 0.25) is 0 Å². The molecule has 0 bridgehead atoms. The van der Waals surface area contributed by atoms with Crippen molar-refractivity contribution in [2.24, 2.45) is 0 Å². The van der Waals surface area contributed by atoms with Crippen LogP contribution in [0.5, 0.6) is 0 Å². The van der Waals surface area contributed by atoms with Gasteiger partial charge in [-0.1, -0.05) is 0 Å². The number of halogens is 4. The molecule has 254 valence electrons. The van der Waals surface area contributed by atoms with Gasteiger partial charge in [-0.05, 0) is 0 Å². The number of esters is 6. The highest BCUT2D eigenvalue weighted by Gasteiger charge is 2.56. The summed E-state index contributed by atoms with van der Waals surface area (Å²) in [6.07, 6.45) is -17.5. The SMILES string of the molecule is CC(=O)OCC1O[C@H](O[C@@H]2C(COC(C)=O)O[C@H](F)C(OC(C)=O)[C@H]2OC(C)=O)C(OC(C)=O)[C@@H](OC(C)=O)[C@@H]1O.I.II. The number of alkyl halides is 1. The van der Waals surface area contributed by atoms with Crippen molar-refractivity contribution in [1.29, 1.82) is 0 Å². The predicted octanol–water partition coefficient (Wildman–Crippen LogP) is 1.39. The van der Waals surface area contributed by atoms with Crippen molar-refractivity contribution < 1.29 is 80.9 Å². The Kier molecular flexibility index (Phi) is 20.2. The fourth-order valence-corrected chi connectivity index (χ4v) is 4.14. The summed E-state index contributed by atoms with van der Waals surface area (Å²) in [5.74, 6) is -5.30. The summed E-state index contributed by atoms with van der Waals surface area (Å²) < 4.78 is 62.5. The van der Waals surface area contributed by atoms with Gasteiger partial charge >= 0.3 is 35.8 Å². The maximum atomic E-state index is 15.1. The van der Waals surface area contributed by atoms with Crippen LogP contribution in [0.25, 0.3) is 0 Å². The summed E-state index contributed by atoms with van der Waals surface area (Å²) in [6, 6.07) is 0. The minimum absolute atomic E-state index is 0. The molecule has 2 rings (SSSR count). The monoisotopic (exact) mass is 978 g/mol. The molecule has 16 nitrogen and oxygen atoms in total. The Bertz CT molecular complexity index is 1000. The fourth-order valence-electron chi connectivity index (χ4n) is 4.14. The first-order chi connectivity index (χ1) is 20.1. The van der Waals surface area contributed by atoms with E-state index in [9.17, 15) is 33.9 Å². The van der Waals surface area contributed by atoms with E-state index in [1.165, 1.54) is 0 Å². The average Bonchev–Trinajstić information content (AvgIpc) is 2.89. The highest BCUT2D eigenvalue weighted by atomic mass is 128. The summed E-state index contributed by atoms with van der Waals surface area (Å²) in [5.41, 5.74) is 0. The second kappa shape index (κ2) is 20.8. The van der Waals surface area contributed by atoms with Gasteiger partial charge in [0.05, 0.1) is 0 Å². The lowest BCUT2D eigenvalue weighted by atomic mass is 9.96. The molecule has 0 aromatic rings. The van der Waals surface area contributed by atoms with E-state index in [0.29, 0.717) is 0 Å². The molecule has 2 saturated heterocycles. The van der Waals surface area contributed by atoms with E-state index in [2.05, 4.69) is 37.2 Å². The highest BCUT2D eigenvalue weighted by molar-refractivity contribution is 15.0. The molecule has 0 aliphatic carbocycles. The van der Waals surface area contributed by atoms with E-state index in [-0.39, 0.29) is 24.0 Å². The number of carbonyl (C=O) groups excluding carboxylic acids is 6. The van der Waals surface area contributed by atoms with Crippen molar-refractivity contribution in [2.75, 3.05) is 13.2 Å². The van der Waals surface area contributed by atoms with Gasteiger partial charge in [-0.3, -0.25) is 28.8 Å². The molecular formula is C24H34FI3O16. The smallest absolute Gasteiger partial charge is 0.303 e. The third-order valence-corrected chi connectivity index (χ3v) is 5.60. The maximum absolute atomic E-state index is 15.1. The van der Waals surface area contributed by atoms with Crippen LogP contribution >= 0.6 is 61.2 Å². The first kappa shape index (κ1) is 42.8. The molecule has 2 aliphatic heterocycles. The molecule has 0 spiro atoms. The lowest BCUT2D eigenvalue weighted by Crippen LogP contribution is -2.66. The number of aliphatic hydroxyl groups excluding tert-OH is 1. The van der Waals surface area contributed by atoms with Gasteiger partial charge in [0.15, 0.2) is 30.7 Å². The first-order valence-electron chi connectivity index (χ1n) is 12.5.